The van der Waals surface area contributed by atoms with Gasteiger partial charge >= 0.3 is 5.97 Å². The first-order chi connectivity index (χ1) is 6.74. The number of benzene rings is 1. The average molecular weight is 205 g/mol. The highest BCUT2D eigenvalue weighted by Gasteiger charge is 1.98. The third kappa shape index (κ3) is 2.96. The molecule has 0 saturated heterocycles. The number of carbonyl (C=O) groups is 1. The highest BCUT2D eigenvalue weighted by Crippen LogP contribution is 2.22. The van der Waals surface area contributed by atoms with Crippen LogP contribution in [-0.4, -0.2) is 11.1 Å². The lowest BCUT2D eigenvalue weighted by molar-refractivity contribution is -0.131. The van der Waals surface area contributed by atoms with Crippen LogP contribution in [0.3, 0.4) is 0 Å². The smallest absolute Gasteiger partial charge is 0.328 e. The second kappa shape index (κ2) is 5.10. The van der Waals surface area contributed by atoms with Gasteiger partial charge in [0.05, 0.1) is 0 Å². The van der Waals surface area contributed by atoms with Gasteiger partial charge in [-0.1, -0.05) is 18.2 Å². The van der Waals surface area contributed by atoms with Crippen LogP contribution in [0.25, 0.3) is 6.08 Å². The molecule has 1 aromatic rings. The first-order valence-corrected chi connectivity index (χ1v) is 4.61. The van der Waals surface area contributed by atoms with E-state index in [4.69, 9.17) is 10.4 Å². The van der Waals surface area contributed by atoms with Crippen LogP contribution in [0.5, 0.6) is 0 Å². The molecule has 70 valence electrons. The van der Waals surface area contributed by atoms with Crippen molar-refractivity contribution in [1.29, 1.82) is 5.26 Å². The molecule has 0 aliphatic rings. The van der Waals surface area contributed by atoms with Crippen molar-refractivity contribution in [2.24, 2.45) is 0 Å². The van der Waals surface area contributed by atoms with E-state index in [0.29, 0.717) is 0 Å². The zero-order valence-corrected chi connectivity index (χ0v) is 7.99. The number of carboxylic acids is 1. The number of hydrogen-bond donors (Lipinski definition) is 1. The molecule has 3 nitrogen and oxygen atoms in total. The van der Waals surface area contributed by atoms with Gasteiger partial charge in [0.2, 0.25) is 0 Å². The lowest BCUT2D eigenvalue weighted by Gasteiger charge is -1.98. The molecule has 0 heterocycles. The number of nitriles is 1. The second-order valence-corrected chi connectivity index (χ2v) is 3.23. The Kier molecular flexibility index (Phi) is 3.77. The predicted octanol–water partition coefficient (Wildman–Crippen LogP) is 2.36. The zero-order chi connectivity index (χ0) is 10.4. The second-order valence-electron chi connectivity index (χ2n) is 2.40. The Morgan fingerprint density at radius 1 is 1.50 bits per heavy atom. The molecule has 14 heavy (non-hydrogen) atoms. The van der Waals surface area contributed by atoms with Crippen molar-refractivity contribution in [3.63, 3.8) is 0 Å². The van der Waals surface area contributed by atoms with E-state index in [9.17, 15) is 4.79 Å². The summed E-state index contributed by atoms with van der Waals surface area (Å²) in [6.45, 7) is 0. The number of thioether (sulfide) groups is 1. The number of carboxylic acid groups (broad SMARTS) is 1. The first kappa shape index (κ1) is 10.4. The third-order valence-corrected chi connectivity index (χ3v) is 2.16. The summed E-state index contributed by atoms with van der Waals surface area (Å²) < 4.78 is 0. The van der Waals surface area contributed by atoms with Crippen molar-refractivity contribution in [2.75, 3.05) is 0 Å². The Hall–Kier alpha value is -1.73. The van der Waals surface area contributed by atoms with Crippen LogP contribution in [0, 0.1) is 10.7 Å². The van der Waals surface area contributed by atoms with E-state index in [1.807, 2.05) is 5.40 Å². The van der Waals surface area contributed by atoms with Crippen LogP contribution in [-0.2, 0) is 4.79 Å². The Morgan fingerprint density at radius 3 is 2.86 bits per heavy atom. The quantitative estimate of drug-likeness (QED) is 0.467. The minimum atomic E-state index is -0.998. The van der Waals surface area contributed by atoms with Gasteiger partial charge in [-0.05, 0) is 29.5 Å². The summed E-state index contributed by atoms with van der Waals surface area (Å²) in [4.78, 5) is 11.0. The number of rotatable bonds is 3. The Bertz CT molecular complexity index is 407. The maximum Gasteiger partial charge on any atom is 0.328 e. The minimum Gasteiger partial charge on any atom is -0.478 e. The molecule has 1 aromatic carbocycles. The topological polar surface area (TPSA) is 61.1 Å². The van der Waals surface area contributed by atoms with Crippen LogP contribution < -0.4 is 0 Å². The van der Waals surface area contributed by atoms with E-state index in [-0.39, 0.29) is 0 Å². The lowest BCUT2D eigenvalue weighted by atomic mass is 10.2. The van der Waals surface area contributed by atoms with Gasteiger partial charge in [0.1, 0.15) is 5.40 Å². The summed E-state index contributed by atoms with van der Waals surface area (Å²) in [6.07, 6.45) is 2.53. The average Bonchev–Trinajstić information content (AvgIpc) is 2.17. The van der Waals surface area contributed by atoms with Gasteiger partial charge in [-0.25, -0.2) is 4.79 Å². The normalized spacial score (nSPS) is 9.93. The standard InChI is InChI=1S/C10H7NO2S/c11-7-14-9-4-2-1-3-8(9)5-6-10(12)13/h1-6H,(H,12,13)/b6-5+. The Balaban J connectivity index is 2.96. The maximum absolute atomic E-state index is 10.3. The summed E-state index contributed by atoms with van der Waals surface area (Å²) in [5, 5.41) is 18.9. The minimum absolute atomic E-state index is 0.737. The van der Waals surface area contributed by atoms with Crippen LogP contribution in [0.1, 0.15) is 5.56 Å². The number of nitrogens with zero attached hydrogens (tertiary/aromatic N) is 1. The van der Waals surface area contributed by atoms with E-state index in [2.05, 4.69) is 0 Å². The molecule has 0 aromatic heterocycles. The molecular weight excluding hydrogens is 198 g/mol. The van der Waals surface area contributed by atoms with Gasteiger partial charge in [0.25, 0.3) is 0 Å². The molecule has 0 fully saturated rings. The van der Waals surface area contributed by atoms with Gasteiger partial charge in [-0.3, -0.25) is 0 Å². The molecular formula is C10H7NO2S. The van der Waals surface area contributed by atoms with Gasteiger partial charge in [0, 0.05) is 11.0 Å². The molecule has 0 aliphatic heterocycles. The molecule has 0 bridgehead atoms. The van der Waals surface area contributed by atoms with E-state index >= 15 is 0 Å². The fourth-order valence-electron chi connectivity index (χ4n) is 0.921. The van der Waals surface area contributed by atoms with Crippen molar-refractivity contribution in [1.82, 2.24) is 0 Å². The Labute approximate surface area is 85.7 Å². The van der Waals surface area contributed by atoms with E-state index in [1.165, 1.54) is 6.08 Å². The number of thiocyanates is 1. The molecule has 1 rings (SSSR count). The van der Waals surface area contributed by atoms with Crippen LogP contribution in [0.2, 0.25) is 0 Å². The largest absolute Gasteiger partial charge is 0.478 e. The molecule has 0 unspecified atom stereocenters. The van der Waals surface area contributed by atoms with Crippen LogP contribution in [0.4, 0.5) is 0 Å². The van der Waals surface area contributed by atoms with E-state index < -0.39 is 5.97 Å². The number of hydrogen-bond acceptors (Lipinski definition) is 3. The molecule has 0 atom stereocenters. The molecule has 0 saturated carbocycles. The van der Waals surface area contributed by atoms with Crippen LogP contribution in [0.15, 0.2) is 35.2 Å². The van der Waals surface area contributed by atoms with Crippen molar-refractivity contribution in [3.8, 4) is 5.40 Å². The summed E-state index contributed by atoms with van der Waals surface area (Å²) in [6, 6.07) is 7.13. The zero-order valence-electron chi connectivity index (χ0n) is 7.18. The van der Waals surface area contributed by atoms with Crippen molar-refractivity contribution < 1.29 is 9.90 Å². The summed E-state index contributed by atoms with van der Waals surface area (Å²) in [7, 11) is 0. The van der Waals surface area contributed by atoms with Gasteiger partial charge in [-0.2, -0.15) is 5.26 Å². The van der Waals surface area contributed by atoms with E-state index in [0.717, 1.165) is 28.3 Å². The van der Waals surface area contributed by atoms with Gasteiger partial charge in [-0.15, -0.1) is 0 Å². The first-order valence-electron chi connectivity index (χ1n) is 3.80. The summed E-state index contributed by atoms with van der Waals surface area (Å²) in [5.41, 5.74) is 0.737. The fraction of sp³-hybridized carbons (Fsp3) is 0. The van der Waals surface area contributed by atoms with Crippen LogP contribution >= 0.6 is 11.8 Å². The van der Waals surface area contributed by atoms with Crippen molar-refractivity contribution in [3.05, 3.63) is 35.9 Å². The molecule has 0 aliphatic carbocycles. The molecule has 4 heteroatoms. The highest BCUT2D eigenvalue weighted by molar-refractivity contribution is 8.03. The monoisotopic (exact) mass is 205 g/mol. The Morgan fingerprint density at radius 2 is 2.21 bits per heavy atom. The van der Waals surface area contributed by atoms with E-state index in [1.54, 1.807) is 24.3 Å². The number of aliphatic carboxylic acids is 1. The highest BCUT2D eigenvalue weighted by atomic mass is 32.2. The third-order valence-electron chi connectivity index (χ3n) is 1.48. The van der Waals surface area contributed by atoms with Gasteiger partial charge in [0.15, 0.2) is 0 Å². The molecule has 1 N–H and O–H groups in total. The maximum atomic E-state index is 10.3. The molecule has 0 spiro atoms. The predicted molar refractivity (Wildman–Crippen MR) is 54.6 cm³/mol. The fourth-order valence-corrected chi connectivity index (χ4v) is 1.42. The summed E-state index contributed by atoms with van der Waals surface area (Å²) >= 11 is 1.01. The SMILES string of the molecule is N#CSc1ccccc1/C=C/C(=O)O. The molecule has 0 amide bonds. The summed E-state index contributed by atoms with van der Waals surface area (Å²) in [5.74, 6) is -0.998. The molecule has 0 radical (unpaired) electrons. The lowest BCUT2D eigenvalue weighted by Crippen LogP contribution is -1.86. The van der Waals surface area contributed by atoms with Crippen molar-refractivity contribution in [2.45, 2.75) is 4.90 Å². The van der Waals surface area contributed by atoms with Gasteiger partial charge < -0.3 is 5.11 Å². The van der Waals surface area contributed by atoms with Crippen molar-refractivity contribution >= 4 is 23.8 Å².